The molecular formula is C119H139F5N16O2Pt4. The van der Waals surface area contributed by atoms with Crippen LogP contribution in [0.1, 0.15) is 295 Å². The van der Waals surface area contributed by atoms with Gasteiger partial charge in [0.05, 0.1) is 56.9 Å². The van der Waals surface area contributed by atoms with Gasteiger partial charge in [0, 0.05) is 93.2 Å². The Morgan fingerprint density at radius 1 is 0.425 bits per heavy atom. The minimum absolute atomic E-state index is 0. The van der Waals surface area contributed by atoms with Gasteiger partial charge in [0.15, 0.2) is 6.04 Å². The summed E-state index contributed by atoms with van der Waals surface area (Å²) >= 11 is 0. The number of azo groups is 2. The monoisotopic (exact) mass is 2700 g/mol. The fourth-order valence-electron chi connectivity index (χ4n) is 18.0. The molecule has 0 bridgehead atoms. The molecule has 0 saturated heterocycles. The maximum Gasteiger partial charge on any atom is 2.00 e. The zero-order valence-electron chi connectivity index (χ0n) is 89.8. The molecule has 0 amide bonds. The first kappa shape index (κ1) is 121. The van der Waals surface area contributed by atoms with E-state index in [4.69, 9.17) is 30.0 Å². The summed E-state index contributed by atoms with van der Waals surface area (Å²) in [6.07, 6.45) is 10.4. The van der Waals surface area contributed by atoms with Crippen LogP contribution in [-0.2, 0) is 165 Å². The predicted molar refractivity (Wildman–Crippen MR) is 554 cm³/mol. The predicted octanol–water partition coefficient (Wildman–Crippen LogP) is 28.2. The van der Waals surface area contributed by atoms with Crippen molar-refractivity contribution in [2.24, 2.45) is 51.7 Å². The van der Waals surface area contributed by atoms with Crippen LogP contribution in [0.2, 0.25) is 0 Å². The van der Waals surface area contributed by atoms with Gasteiger partial charge in [-0.15, -0.1) is 137 Å². The van der Waals surface area contributed by atoms with Gasteiger partial charge in [-0.3, -0.25) is 35.1 Å². The van der Waals surface area contributed by atoms with Crippen LogP contribution >= 0.6 is 0 Å². The fourth-order valence-corrected chi connectivity index (χ4v) is 18.0. The first-order valence-electron chi connectivity index (χ1n) is 48.9. The number of rotatable bonds is 24. The van der Waals surface area contributed by atoms with Gasteiger partial charge in [0.1, 0.15) is 29.0 Å². The summed E-state index contributed by atoms with van der Waals surface area (Å²) in [5.74, 6) is -0.235. The number of carboxylic acid groups (broad SMARTS) is 1. The third-order valence-corrected chi connectivity index (χ3v) is 24.9. The minimum Gasteiger partial charge on any atom is -0.477 e. The van der Waals surface area contributed by atoms with Crippen molar-refractivity contribution in [2.45, 2.75) is 279 Å². The summed E-state index contributed by atoms with van der Waals surface area (Å²) in [6.45, 7) is 60.8. The molecule has 14 aromatic rings. The van der Waals surface area contributed by atoms with Crippen LogP contribution in [0, 0.1) is 94.0 Å². The minimum atomic E-state index is -4.57. The van der Waals surface area contributed by atoms with Gasteiger partial charge < -0.3 is 33.6 Å². The zero-order valence-corrected chi connectivity index (χ0v) is 98.9. The number of nitrogens with zero attached hydrogens (tertiary/aromatic N) is 16. The number of halogens is 5. The van der Waals surface area contributed by atoms with Crippen molar-refractivity contribution in [3.63, 3.8) is 0 Å². The third-order valence-electron chi connectivity index (χ3n) is 24.9. The van der Waals surface area contributed by atoms with Gasteiger partial charge in [0.2, 0.25) is 0 Å². The summed E-state index contributed by atoms with van der Waals surface area (Å²) in [6, 6.07) is 73.2. The average Bonchev–Trinajstić information content (AvgIpc) is 1.57. The number of aromatic nitrogens is 14. The molecule has 27 heteroatoms. The molecule has 1 atom stereocenters. The van der Waals surface area contributed by atoms with Crippen molar-refractivity contribution >= 4 is 11.7 Å². The second-order valence-electron chi connectivity index (χ2n) is 46.4. The third kappa shape index (κ3) is 30.8. The van der Waals surface area contributed by atoms with Crippen LogP contribution in [-0.4, -0.2) is 90.4 Å². The van der Waals surface area contributed by atoms with Crippen LogP contribution in [0.15, 0.2) is 199 Å². The molecule has 0 saturated carbocycles. The average molecular weight is 2700 g/mol. The maximum atomic E-state index is 14.4. The number of carboxylic acids is 1. The smallest absolute Gasteiger partial charge is 0.477 e. The van der Waals surface area contributed by atoms with Gasteiger partial charge in [0.25, 0.3) is 0 Å². The van der Waals surface area contributed by atoms with Crippen molar-refractivity contribution in [2.75, 3.05) is 0 Å². The number of benzene rings is 4. The molecular weight excluding hydrogens is 2560 g/mol. The number of alkyl halides is 3. The van der Waals surface area contributed by atoms with E-state index in [1.54, 1.807) is 28.9 Å². The number of aryl methyl sites for hydroxylation is 1. The Balaban J connectivity index is 0.000000236. The Hall–Kier alpha value is -10.2. The summed E-state index contributed by atoms with van der Waals surface area (Å²) in [5.41, 5.74) is 17.0. The zero-order chi connectivity index (χ0) is 104. The van der Waals surface area contributed by atoms with E-state index in [1.807, 2.05) is 113 Å². The number of carbonyl (C=O) groups is 1. The number of hydrogen-bond donors (Lipinski definition) is 1. The fraction of sp³-hybridized carbons (Fsp3) is 0.420. The molecule has 1 unspecified atom stereocenters. The van der Waals surface area contributed by atoms with E-state index >= 15 is 0 Å². The van der Waals surface area contributed by atoms with E-state index in [0.29, 0.717) is 35.7 Å². The van der Waals surface area contributed by atoms with Crippen molar-refractivity contribution in [3.05, 3.63) is 339 Å². The quantitative estimate of drug-likeness (QED) is 0.0260. The molecule has 1 N–H and O–H groups in total. The largest absolute Gasteiger partial charge is 2.00 e. The number of pyridine rings is 6. The standard InChI is InChI=1S/C33H42N4.C31H37F3N6.C31H36N3.C24H24F2N3O2.4Pt/c1-31(2,3)21-25-27(34-29(36(25)9)23-17-13-11-14-18-23)33(7,8)28-26(22-32(4,5)6)37(10)30(35-28)24-19-15-12-16-20-24;1-20-10-12-39(37-20)26-16-21(18-28(2,3)4)14-24(35-26)30(8,9)25-15-22(19-29(5,6)7)17-27(36-25)40-13-11-23(38-40)31(32,33)34;1-7-31(8-2,29-19-23(3)34(33-29)26-17-13-10-14-18-26)28-21-24(22-30(4,5)6)20-27(32-28)25-15-11-9-12-16-25;1-23(2,3)13-14-11-17(15-9-10-20(25)29-21(15)26)28-19(12-14)24(4,5)18-8-6-7-16(27-18)22(30)31;;;;/h11-17,19H,21-22H2,1-10H3;10-11,14-17H,18-19H2,1-9H3;9-15,17,19-21,23H,7-8,22H2,1-6H3;6-8,10-12H,13H2,1-5H3,(H,30,31);;;;/q2*-2;2*-1;;3*+2. The van der Waals surface area contributed by atoms with Crippen LogP contribution in [0.25, 0.3) is 56.9 Å². The summed E-state index contributed by atoms with van der Waals surface area (Å²) < 4.78 is 77.0. The van der Waals surface area contributed by atoms with E-state index in [0.717, 1.165) is 146 Å². The molecule has 0 fully saturated rings. The Kier molecular flexibility index (Phi) is 40.0. The number of allylic oxidation sites excluding steroid dienone is 1. The molecule has 0 spiro atoms. The van der Waals surface area contributed by atoms with E-state index in [-0.39, 0.29) is 151 Å². The second-order valence-corrected chi connectivity index (χ2v) is 46.4. The van der Waals surface area contributed by atoms with Gasteiger partial charge in [-0.2, -0.15) is 31.4 Å². The number of imidazole rings is 2. The first-order chi connectivity index (χ1) is 66.1. The molecule has 1 aliphatic rings. The number of para-hydroxylation sites is 1. The van der Waals surface area contributed by atoms with Gasteiger partial charge in [-0.1, -0.05) is 228 Å². The van der Waals surface area contributed by atoms with Crippen LogP contribution in [0.5, 0.6) is 0 Å². The SMILES string of the molecule is CC(C)(C)Cc1cc(-c2[c-]cc(F)nc2F)nc(C(C)(C)c2cccc(C(=O)O)n2)c1.CCC(CC)(C1=CC(C)[N+](c2[c-]cccc2)=N1)c1cc(CC(C)(C)C)cc(-c2[c-]cccc2)n1.Cc1c[c-]n(-c2cc(CC(C)(C)C)cc(C(C)(C)c3cc(CC(C)(C)C)cc(-n4[c-]cc(C(F)(F)F)n4)n3)n2)n1.Cn1c(-c2[c-]cccc2)nc(C(C)(C)c2nc(-c3[c-]cccc3)n(C)c2CC(C)(C)C)c1CC(C)(C)C.[Pt+2].[Pt+2].[Pt+2].[Pt]. The van der Waals surface area contributed by atoms with Gasteiger partial charge in [-0.05, 0) is 184 Å². The Morgan fingerprint density at radius 2 is 0.836 bits per heavy atom. The van der Waals surface area contributed by atoms with Gasteiger partial charge >= 0.3 is 75.3 Å². The molecule has 18 nitrogen and oxygen atoms in total. The van der Waals surface area contributed by atoms with E-state index in [2.05, 4.69) is 322 Å². The Labute approximate surface area is 920 Å². The second kappa shape index (κ2) is 48.2. The molecule has 0 aliphatic carbocycles. The number of hydrogen-bond acceptors (Lipinski definition) is 12. The summed E-state index contributed by atoms with van der Waals surface area (Å²) in [7, 11) is 4.28. The molecule has 146 heavy (non-hydrogen) atoms. The van der Waals surface area contributed by atoms with Crippen LogP contribution in [0.3, 0.4) is 0 Å². The van der Waals surface area contributed by atoms with Crippen molar-refractivity contribution < 1.29 is 121 Å². The molecule has 15 rings (SSSR count). The molecule has 4 aromatic carbocycles. The maximum absolute atomic E-state index is 14.4. The van der Waals surface area contributed by atoms with Crippen LogP contribution in [0.4, 0.5) is 27.6 Å². The van der Waals surface area contributed by atoms with Gasteiger partial charge in [-0.25, -0.2) is 18.6 Å². The topological polar surface area (TPSA) is 201 Å². The molecule has 782 valence electrons. The number of aromatic carboxylic acids is 1. The summed E-state index contributed by atoms with van der Waals surface area (Å²) in [5, 5.41) is 22.7. The first-order valence-corrected chi connectivity index (χ1v) is 48.9. The molecule has 0 radical (unpaired) electrons. The normalized spacial score (nSPS) is 13.2. The van der Waals surface area contributed by atoms with E-state index < -0.39 is 46.0 Å². The van der Waals surface area contributed by atoms with E-state index in [1.165, 1.54) is 23.0 Å². The molecule has 10 aromatic heterocycles. The van der Waals surface area contributed by atoms with Crippen molar-refractivity contribution in [3.8, 4) is 56.9 Å². The molecule has 11 heterocycles. The Morgan fingerprint density at radius 3 is 1.24 bits per heavy atom. The van der Waals surface area contributed by atoms with Crippen molar-refractivity contribution in [1.29, 1.82) is 0 Å². The van der Waals surface area contributed by atoms with Crippen molar-refractivity contribution in [1.82, 2.24) is 68.6 Å². The van der Waals surface area contributed by atoms with Crippen LogP contribution < -0.4 is 0 Å². The molecule has 1 aliphatic heterocycles. The Bertz CT molecular complexity index is 6730. The summed E-state index contributed by atoms with van der Waals surface area (Å²) in [4.78, 5) is 49.3. The van der Waals surface area contributed by atoms with E-state index in [9.17, 15) is 31.9 Å².